The van der Waals surface area contributed by atoms with Crippen molar-refractivity contribution in [2.75, 3.05) is 6.54 Å². The number of para-hydroxylation sites is 1. The van der Waals surface area contributed by atoms with Gasteiger partial charge in [0.05, 0.1) is 6.42 Å². The van der Waals surface area contributed by atoms with Gasteiger partial charge in [-0.25, -0.2) is 0 Å². The number of benzene rings is 1. The average molecular weight is 354 g/mol. The smallest absolute Gasteiger partial charge is 0.311 e. The van der Waals surface area contributed by atoms with Crippen LogP contribution in [-0.2, 0) is 20.7 Å². The molecule has 0 radical (unpaired) electrons. The first-order valence-electron chi connectivity index (χ1n) is 9.33. The average Bonchev–Trinajstić information content (AvgIpc) is 3.05. The molecule has 0 bridgehead atoms. The Morgan fingerprint density at radius 2 is 2.12 bits per heavy atom. The van der Waals surface area contributed by atoms with Crippen molar-refractivity contribution in [1.29, 1.82) is 0 Å². The minimum Gasteiger partial charge on any atom is -0.452 e. The Hall–Kier alpha value is -2.56. The van der Waals surface area contributed by atoms with Crippen LogP contribution in [0.1, 0.15) is 44.6 Å². The number of H-pyrrole nitrogens is 1. The van der Waals surface area contributed by atoms with E-state index in [4.69, 9.17) is 4.74 Å². The van der Waals surface area contributed by atoms with E-state index in [9.17, 15) is 9.59 Å². The molecule has 2 N–H and O–H groups in total. The van der Waals surface area contributed by atoms with Gasteiger partial charge in [-0.2, -0.15) is 0 Å². The molecule has 0 aliphatic heterocycles. The molecule has 0 saturated heterocycles. The Kier molecular flexibility index (Phi) is 6.10. The molecule has 1 aliphatic carbocycles. The molecule has 1 amide bonds. The molecule has 5 nitrogen and oxygen atoms in total. The van der Waals surface area contributed by atoms with Gasteiger partial charge in [0.25, 0.3) is 5.91 Å². The van der Waals surface area contributed by atoms with Crippen LogP contribution in [0.4, 0.5) is 0 Å². The maximum absolute atomic E-state index is 12.2. The van der Waals surface area contributed by atoms with Gasteiger partial charge in [-0.1, -0.05) is 29.8 Å². The number of carbonyl (C=O) groups excluding carboxylic acids is 2. The van der Waals surface area contributed by atoms with Crippen molar-refractivity contribution >= 4 is 22.8 Å². The predicted molar refractivity (Wildman–Crippen MR) is 102 cm³/mol. The Morgan fingerprint density at radius 3 is 2.92 bits per heavy atom. The van der Waals surface area contributed by atoms with Crippen LogP contribution < -0.4 is 5.32 Å². The summed E-state index contributed by atoms with van der Waals surface area (Å²) in [5, 5.41) is 3.86. The van der Waals surface area contributed by atoms with E-state index in [1.165, 1.54) is 18.4 Å². The van der Waals surface area contributed by atoms with Crippen LogP contribution >= 0.6 is 0 Å². The molecule has 1 aromatic heterocycles. The minimum atomic E-state index is -0.784. The fraction of sp³-hybridized carbons (Fsp3) is 0.429. The molecular formula is C21H26N2O3. The van der Waals surface area contributed by atoms with E-state index < -0.39 is 12.1 Å². The van der Waals surface area contributed by atoms with Crippen molar-refractivity contribution in [3.8, 4) is 0 Å². The van der Waals surface area contributed by atoms with Crippen molar-refractivity contribution in [2.24, 2.45) is 0 Å². The van der Waals surface area contributed by atoms with Crippen LogP contribution in [0.2, 0.25) is 0 Å². The summed E-state index contributed by atoms with van der Waals surface area (Å²) in [6.07, 6.45) is 9.11. The normalized spacial score (nSPS) is 15.3. The Bertz CT molecular complexity index is 806. The number of carbonyl (C=O) groups is 2. The second kappa shape index (κ2) is 8.70. The van der Waals surface area contributed by atoms with Crippen molar-refractivity contribution < 1.29 is 14.3 Å². The van der Waals surface area contributed by atoms with Gasteiger partial charge in [0.1, 0.15) is 0 Å². The SMILES string of the molecule is C[C@H](OC(=O)Cc1c[nH]c2ccccc12)C(=O)NCCC1=CCCCC1. The molecule has 26 heavy (non-hydrogen) atoms. The molecule has 0 fully saturated rings. The van der Waals surface area contributed by atoms with Gasteiger partial charge in [0, 0.05) is 23.6 Å². The Labute approximate surface area is 153 Å². The van der Waals surface area contributed by atoms with E-state index >= 15 is 0 Å². The summed E-state index contributed by atoms with van der Waals surface area (Å²) in [5.41, 5.74) is 3.28. The zero-order chi connectivity index (χ0) is 18.4. The fourth-order valence-corrected chi connectivity index (χ4v) is 3.35. The molecule has 2 aromatic rings. The lowest BCUT2D eigenvalue weighted by Crippen LogP contribution is -2.36. The highest BCUT2D eigenvalue weighted by molar-refractivity contribution is 5.88. The van der Waals surface area contributed by atoms with Gasteiger partial charge in [0.2, 0.25) is 0 Å². The van der Waals surface area contributed by atoms with Gasteiger partial charge in [-0.05, 0) is 50.7 Å². The molecule has 0 spiro atoms. The van der Waals surface area contributed by atoms with Crippen molar-refractivity contribution in [2.45, 2.75) is 51.6 Å². The van der Waals surface area contributed by atoms with Crippen molar-refractivity contribution in [3.63, 3.8) is 0 Å². The highest BCUT2D eigenvalue weighted by atomic mass is 16.5. The monoisotopic (exact) mass is 354 g/mol. The van der Waals surface area contributed by atoms with Gasteiger partial charge >= 0.3 is 5.97 Å². The maximum Gasteiger partial charge on any atom is 0.311 e. The van der Waals surface area contributed by atoms with Crippen LogP contribution in [0, 0.1) is 0 Å². The van der Waals surface area contributed by atoms with E-state index in [2.05, 4.69) is 16.4 Å². The third-order valence-corrected chi connectivity index (χ3v) is 4.82. The maximum atomic E-state index is 12.2. The van der Waals surface area contributed by atoms with E-state index in [0.29, 0.717) is 6.54 Å². The molecule has 5 heteroatoms. The molecule has 1 aromatic carbocycles. The lowest BCUT2D eigenvalue weighted by Gasteiger charge is -2.15. The predicted octanol–water partition coefficient (Wildman–Crippen LogP) is 3.65. The first kappa shape index (κ1) is 18.2. The highest BCUT2D eigenvalue weighted by Gasteiger charge is 2.18. The number of nitrogens with one attached hydrogen (secondary N) is 2. The molecule has 1 atom stereocenters. The lowest BCUT2D eigenvalue weighted by atomic mass is 9.97. The van der Waals surface area contributed by atoms with Gasteiger partial charge in [-0.15, -0.1) is 0 Å². The van der Waals surface area contributed by atoms with Crippen LogP contribution in [0.15, 0.2) is 42.1 Å². The summed E-state index contributed by atoms with van der Waals surface area (Å²) in [5.74, 6) is -0.638. The van der Waals surface area contributed by atoms with Crippen LogP contribution in [0.5, 0.6) is 0 Å². The summed E-state index contributed by atoms with van der Waals surface area (Å²) in [7, 11) is 0. The highest BCUT2D eigenvalue weighted by Crippen LogP contribution is 2.20. The second-order valence-electron chi connectivity index (χ2n) is 6.82. The number of allylic oxidation sites excluding steroid dienone is 1. The summed E-state index contributed by atoms with van der Waals surface area (Å²) in [6, 6.07) is 7.80. The largest absolute Gasteiger partial charge is 0.452 e. The number of esters is 1. The van der Waals surface area contributed by atoms with Gasteiger partial charge in [-0.3, -0.25) is 9.59 Å². The minimum absolute atomic E-state index is 0.147. The van der Waals surface area contributed by atoms with Crippen molar-refractivity contribution in [1.82, 2.24) is 10.3 Å². The molecule has 1 heterocycles. The third kappa shape index (κ3) is 4.75. The Morgan fingerprint density at radius 1 is 1.27 bits per heavy atom. The number of aromatic amines is 1. The van der Waals surface area contributed by atoms with Gasteiger partial charge in [0.15, 0.2) is 6.10 Å². The van der Waals surface area contributed by atoms with E-state index in [1.54, 1.807) is 6.92 Å². The topological polar surface area (TPSA) is 71.2 Å². The molecule has 0 unspecified atom stereocenters. The zero-order valence-corrected chi connectivity index (χ0v) is 15.2. The number of rotatable bonds is 7. The van der Waals surface area contributed by atoms with Crippen LogP contribution in [0.25, 0.3) is 10.9 Å². The number of amides is 1. The second-order valence-corrected chi connectivity index (χ2v) is 6.82. The first-order chi connectivity index (χ1) is 12.6. The Balaban J connectivity index is 1.44. The van der Waals surface area contributed by atoms with Crippen molar-refractivity contribution in [3.05, 3.63) is 47.7 Å². The summed E-state index contributed by atoms with van der Waals surface area (Å²) in [4.78, 5) is 27.4. The summed E-state index contributed by atoms with van der Waals surface area (Å²) < 4.78 is 5.30. The summed E-state index contributed by atoms with van der Waals surface area (Å²) in [6.45, 7) is 2.21. The molecule has 0 saturated carbocycles. The number of fused-ring (bicyclic) bond motifs is 1. The number of aromatic nitrogens is 1. The third-order valence-electron chi connectivity index (χ3n) is 4.82. The number of hydrogen-bond acceptors (Lipinski definition) is 3. The van der Waals surface area contributed by atoms with Crippen LogP contribution in [-0.4, -0.2) is 29.5 Å². The summed E-state index contributed by atoms with van der Waals surface area (Å²) >= 11 is 0. The lowest BCUT2D eigenvalue weighted by molar-refractivity contribution is -0.154. The van der Waals surface area contributed by atoms with Crippen LogP contribution in [0.3, 0.4) is 0 Å². The zero-order valence-electron chi connectivity index (χ0n) is 15.2. The fourth-order valence-electron chi connectivity index (χ4n) is 3.35. The molecular weight excluding hydrogens is 328 g/mol. The first-order valence-corrected chi connectivity index (χ1v) is 9.33. The quantitative estimate of drug-likeness (QED) is 0.589. The van der Waals surface area contributed by atoms with E-state index in [1.807, 2.05) is 30.5 Å². The van der Waals surface area contributed by atoms with Gasteiger partial charge < -0.3 is 15.0 Å². The standard InChI is InChI=1S/C21H26N2O3/c1-15(21(25)22-12-11-16-7-3-2-4-8-16)26-20(24)13-17-14-23-19-10-6-5-9-18(17)19/h5-7,9-10,14-15,23H,2-4,8,11-13H2,1H3,(H,22,25)/t15-/m0/s1. The molecule has 138 valence electrons. The van der Waals surface area contributed by atoms with E-state index in [0.717, 1.165) is 35.7 Å². The molecule has 3 rings (SSSR count). The molecule has 1 aliphatic rings. The number of ether oxygens (including phenoxy) is 1. The van der Waals surface area contributed by atoms with E-state index in [-0.39, 0.29) is 12.3 Å². The number of hydrogen-bond donors (Lipinski definition) is 2.